The van der Waals surface area contributed by atoms with Crippen molar-refractivity contribution < 1.29 is 23.1 Å². The van der Waals surface area contributed by atoms with Crippen LogP contribution in [0.3, 0.4) is 0 Å². The molecule has 2 aromatic carbocycles. The van der Waals surface area contributed by atoms with Crippen LogP contribution < -0.4 is 4.74 Å². The van der Waals surface area contributed by atoms with Crippen LogP contribution in [0.15, 0.2) is 54.6 Å². The van der Waals surface area contributed by atoms with Gasteiger partial charge in [-0.15, -0.1) is 0 Å². The first-order chi connectivity index (χ1) is 10.0. The van der Waals surface area contributed by atoms with E-state index < -0.39 is 18.0 Å². The third kappa shape index (κ3) is 3.51. The van der Waals surface area contributed by atoms with Crippen LogP contribution in [0.2, 0.25) is 0 Å². The molecule has 0 aliphatic carbocycles. The highest BCUT2D eigenvalue weighted by molar-refractivity contribution is 6.11. The van der Waals surface area contributed by atoms with Crippen LogP contribution in [0.5, 0.6) is 5.75 Å². The van der Waals surface area contributed by atoms with E-state index in [-0.39, 0.29) is 17.9 Å². The Morgan fingerprint density at radius 3 is 2.33 bits per heavy atom. The average molecular weight is 290 g/mol. The number of alkyl halides is 2. The van der Waals surface area contributed by atoms with Gasteiger partial charge in [-0.2, -0.15) is 8.78 Å². The van der Waals surface area contributed by atoms with E-state index in [1.165, 1.54) is 18.2 Å². The number of carbonyl (C=O) groups is 2. The molecule has 0 aromatic heterocycles. The summed E-state index contributed by atoms with van der Waals surface area (Å²) in [5.74, 6) is -5.60. The van der Waals surface area contributed by atoms with Crippen molar-refractivity contribution in [2.75, 3.05) is 0 Å². The average Bonchev–Trinajstić information content (AvgIpc) is 2.53. The molecule has 21 heavy (non-hydrogen) atoms. The highest BCUT2D eigenvalue weighted by atomic mass is 19.3. The normalized spacial score (nSPS) is 11.0. The number of rotatable bonds is 6. The molecule has 0 saturated heterocycles. The Labute approximate surface area is 120 Å². The molecular weight excluding hydrogens is 278 g/mol. The van der Waals surface area contributed by atoms with Gasteiger partial charge < -0.3 is 4.74 Å². The summed E-state index contributed by atoms with van der Waals surface area (Å²) in [4.78, 5) is 22.0. The maximum atomic E-state index is 13.2. The first-order valence-corrected chi connectivity index (χ1v) is 6.19. The smallest absolute Gasteiger partial charge is 0.364 e. The first kappa shape index (κ1) is 14.8. The fourth-order valence-electron chi connectivity index (χ4n) is 1.75. The van der Waals surface area contributed by atoms with Gasteiger partial charge in [0, 0.05) is 0 Å². The van der Waals surface area contributed by atoms with Crippen LogP contribution in [0.25, 0.3) is 0 Å². The quantitative estimate of drug-likeness (QED) is 0.466. The number of benzene rings is 2. The molecule has 0 fully saturated rings. The number of ketones is 1. The molecule has 0 radical (unpaired) electrons. The maximum Gasteiger partial charge on any atom is 0.364 e. The third-order valence-corrected chi connectivity index (χ3v) is 2.82. The standard InChI is InChI=1S/C16H12F2O3/c17-16(18,11-19)15(20)13-8-4-5-9-14(13)21-10-12-6-2-1-3-7-12/h1-9,11H,10H2. The van der Waals surface area contributed by atoms with Crippen LogP contribution in [-0.4, -0.2) is 18.0 Å². The summed E-state index contributed by atoms with van der Waals surface area (Å²) in [5, 5.41) is 0. The first-order valence-electron chi connectivity index (χ1n) is 6.19. The largest absolute Gasteiger partial charge is 0.488 e. The molecule has 5 heteroatoms. The molecule has 2 rings (SSSR count). The van der Waals surface area contributed by atoms with E-state index in [9.17, 15) is 18.4 Å². The van der Waals surface area contributed by atoms with Crippen LogP contribution in [0.1, 0.15) is 15.9 Å². The Morgan fingerprint density at radius 1 is 1.05 bits per heavy atom. The van der Waals surface area contributed by atoms with Crippen molar-refractivity contribution in [3.05, 3.63) is 65.7 Å². The lowest BCUT2D eigenvalue weighted by Gasteiger charge is -2.13. The Kier molecular flexibility index (Phi) is 4.42. The van der Waals surface area contributed by atoms with Crippen LogP contribution >= 0.6 is 0 Å². The molecule has 0 heterocycles. The van der Waals surface area contributed by atoms with Gasteiger partial charge in [0.1, 0.15) is 12.4 Å². The highest BCUT2D eigenvalue weighted by Gasteiger charge is 2.40. The number of halogens is 2. The molecule has 3 nitrogen and oxygen atoms in total. The number of hydrogen-bond donors (Lipinski definition) is 0. The third-order valence-electron chi connectivity index (χ3n) is 2.82. The number of aldehydes is 1. The molecule has 108 valence electrons. The van der Waals surface area contributed by atoms with Gasteiger partial charge in [0.2, 0.25) is 5.78 Å². The number of Topliss-reactive ketones (excluding diaryl/α,β-unsaturated/α-hetero) is 1. The van der Waals surface area contributed by atoms with Crippen molar-refractivity contribution in [2.45, 2.75) is 12.5 Å². The molecule has 0 bridgehead atoms. The number of carbonyl (C=O) groups excluding carboxylic acids is 2. The van der Waals surface area contributed by atoms with Crippen LogP contribution in [0.4, 0.5) is 8.78 Å². The number of ether oxygens (including phenoxy) is 1. The minimum atomic E-state index is -4.05. The van der Waals surface area contributed by atoms with E-state index in [1.807, 2.05) is 30.3 Å². The molecule has 0 aliphatic heterocycles. The summed E-state index contributed by atoms with van der Waals surface area (Å²) < 4.78 is 31.8. The second-order valence-electron chi connectivity index (χ2n) is 4.34. The lowest BCUT2D eigenvalue weighted by molar-refractivity contribution is -0.123. The zero-order valence-corrected chi connectivity index (χ0v) is 11.0. The topological polar surface area (TPSA) is 43.4 Å². The van der Waals surface area contributed by atoms with Gasteiger partial charge in [-0.05, 0) is 17.7 Å². The predicted octanol–water partition coefficient (Wildman–Crippen LogP) is 3.28. The van der Waals surface area contributed by atoms with Crippen molar-refractivity contribution in [1.82, 2.24) is 0 Å². The zero-order valence-electron chi connectivity index (χ0n) is 11.0. The van der Waals surface area contributed by atoms with E-state index >= 15 is 0 Å². The van der Waals surface area contributed by atoms with Crippen LogP contribution in [-0.2, 0) is 11.4 Å². The second kappa shape index (κ2) is 6.26. The van der Waals surface area contributed by atoms with Gasteiger partial charge in [-0.25, -0.2) is 0 Å². The Hall–Kier alpha value is -2.56. The minimum Gasteiger partial charge on any atom is -0.488 e. The summed E-state index contributed by atoms with van der Waals surface area (Å²) in [5.41, 5.74) is 0.521. The number of hydrogen-bond acceptors (Lipinski definition) is 3. The lowest BCUT2D eigenvalue weighted by atomic mass is 10.1. The van der Waals surface area contributed by atoms with Gasteiger partial charge in [0.05, 0.1) is 5.56 Å². The molecular formula is C16H12F2O3. The van der Waals surface area contributed by atoms with Crippen LogP contribution in [0, 0.1) is 0 Å². The van der Waals surface area contributed by atoms with Crippen molar-refractivity contribution in [3.63, 3.8) is 0 Å². The van der Waals surface area contributed by atoms with Gasteiger partial charge in [0.15, 0.2) is 6.29 Å². The van der Waals surface area contributed by atoms with Gasteiger partial charge >= 0.3 is 5.92 Å². The second-order valence-corrected chi connectivity index (χ2v) is 4.34. The number of para-hydroxylation sites is 1. The molecule has 0 spiro atoms. The van der Waals surface area contributed by atoms with E-state index in [2.05, 4.69) is 0 Å². The van der Waals surface area contributed by atoms with Crippen molar-refractivity contribution in [2.24, 2.45) is 0 Å². The fourth-order valence-corrected chi connectivity index (χ4v) is 1.75. The predicted molar refractivity (Wildman–Crippen MR) is 72.6 cm³/mol. The molecule has 0 saturated carbocycles. The van der Waals surface area contributed by atoms with Crippen molar-refractivity contribution in [1.29, 1.82) is 0 Å². The summed E-state index contributed by atoms with van der Waals surface area (Å²) in [6.07, 6.45) is -0.663. The van der Waals surface area contributed by atoms with E-state index in [1.54, 1.807) is 6.07 Å². The monoisotopic (exact) mass is 290 g/mol. The SMILES string of the molecule is O=CC(F)(F)C(=O)c1ccccc1OCc1ccccc1. The zero-order chi connectivity index (χ0) is 15.3. The minimum absolute atomic E-state index is 0.0212. The maximum absolute atomic E-state index is 13.2. The van der Waals surface area contributed by atoms with E-state index in [0.717, 1.165) is 5.56 Å². The Morgan fingerprint density at radius 2 is 1.67 bits per heavy atom. The van der Waals surface area contributed by atoms with Crippen molar-refractivity contribution >= 4 is 12.1 Å². The van der Waals surface area contributed by atoms with Gasteiger partial charge in [-0.1, -0.05) is 42.5 Å². The molecule has 0 amide bonds. The summed E-state index contributed by atoms with van der Waals surface area (Å²) in [6, 6.07) is 14.7. The van der Waals surface area contributed by atoms with Gasteiger partial charge in [-0.3, -0.25) is 9.59 Å². The summed E-state index contributed by atoms with van der Waals surface area (Å²) in [6.45, 7) is 0.137. The summed E-state index contributed by atoms with van der Waals surface area (Å²) in [7, 11) is 0. The molecule has 2 aromatic rings. The highest BCUT2D eigenvalue weighted by Crippen LogP contribution is 2.26. The fraction of sp³-hybridized carbons (Fsp3) is 0.125. The molecule has 0 atom stereocenters. The van der Waals surface area contributed by atoms with Crippen molar-refractivity contribution in [3.8, 4) is 5.75 Å². The Bertz CT molecular complexity index is 639. The summed E-state index contributed by atoms with van der Waals surface area (Å²) >= 11 is 0. The van der Waals surface area contributed by atoms with E-state index in [0.29, 0.717) is 0 Å². The van der Waals surface area contributed by atoms with E-state index in [4.69, 9.17) is 4.74 Å². The Balaban J connectivity index is 2.21. The molecule has 0 unspecified atom stereocenters. The molecule has 0 aliphatic rings. The lowest BCUT2D eigenvalue weighted by Crippen LogP contribution is -2.30. The molecule has 0 N–H and O–H groups in total. The van der Waals surface area contributed by atoms with Gasteiger partial charge in [0.25, 0.3) is 0 Å².